The average Bonchev–Trinajstić information content (AvgIpc) is 2.94. The first-order valence-electron chi connectivity index (χ1n) is 7.73. The van der Waals surface area contributed by atoms with Crippen LogP contribution in [0, 0.1) is 5.82 Å². The fourth-order valence-corrected chi connectivity index (χ4v) is 3.21. The van der Waals surface area contributed by atoms with E-state index in [0.717, 1.165) is 11.8 Å². The van der Waals surface area contributed by atoms with Gasteiger partial charge in [-0.25, -0.2) is 9.18 Å². The smallest absolute Gasteiger partial charge is 0.414 e. The largest absolute Gasteiger partial charge is 0.441 e. The number of carbonyl (C=O) groups is 1. The summed E-state index contributed by atoms with van der Waals surface area (Å²) in [5, 5.41) is 0. The van der Waals surface area contributed by atoms with Gasteiger partial charge in [0, 0.05) is 5.56 Å². The zero-order chi connectivity index (χ0) is 18.0. The topological polar surface area (TPSA) is 82.1 Å². The molecule has 1 fully saturated rings. The third-order valence-corrected chi connectivity index (χ3v) is 4.47. The molecule has 7 nitrogen and oxygen atoms in total. The van der Waals surface area contributed by atoms with Gasteiger partial charge < -0.3 is 9.47 Å². The van der Waals surface area contributed by atoms with Crippen LogP contribution in [-0.2, 0) is 23.8 Å². The summed E-state index contributed by atoms with van der Waals surface area (Å²) in [6.07, 6.45) is 1.84. The van der Waals surface area contributed by atoms with Crippen molar-refractivity contribution >= 4 is 27.5 Å². The van der Waals surface area contributed by atoms with Crippen LogP contribution in [0.5, 0.6) is 0 Å². The number of halogens is 1. The van der Waals surface area contributed by atoms with Crippen LogP contribution in [0.1, 0.15) is 12.0 Å². The van der Waals surface area contributed by atoms with E-state index < -0.39 is 28.1 Å². The van der Waals surface area contributed by atoms with E-state index in [1.54, 1.807) is 12.1 Å². The zero-order valence-corrected chi connectivity index (χ0v) is 14.4. The van der Waals surface area contributed by atoms with Crippen LogP contribution in [0.15, 0.2) is 24.3 Å². The Balaban J connectivity index is 1.85. The number of hydrogen-bond donors (Lipinski definition) is 0. The van der Waals surface area contributed by atoms with Gasteiger partial charge in [0.15, 0.2) is 0 Å². The van der Waals surface area contributed by atoms with Crippen molar-refractivity contribution in [2.24, 2.45) is 0 Å². The molecule has 1 atom stereocenters. The summed E-state index contributed by atoms with van der Waals surface area (Å²) in [6.45, 7) is 0.671. The molecule has 1 amide bonds. The molecule has 2 aliphatic rings. The Morgan fingerprint density at radius 3 is 2.88 bits per heavy atom. The van der Waals surface area contributed by atoms with E-state index in [1.165, 1.54) is 17.0 Å². The molecular formula is C16H18FNO6S. The second kappa shape index (κ2) is 7.11. The van der Waals surface area contributed by atoms with Gasteiger partial charge in [-0.3, -0.25) is 9.08 Å². The molecule has 2 aliphatic heterocycles. The lowest BCUT2D eigenvalue weighted by molar-refractivity contribution is 0.107. The maximum Gasteiger partial charge on any atom is 0.414 e. The first-order valence-corrected chi connectivity index (χ1v) is 9.55. The van der Waals surface area contributed by atoms with E-state index in [1.807, 2.05) is 0 Å². The van der Waals surface area contributed by atoms with Gasteiger partial charge in [-0.05, 0) is 24.1 Å². The van der Waals surface area contributed by atoms with E-state index in [-0.39, 0.29) is 13.2 Å². The van der Waals surface area contributed by atoms with Crippen LogP contribution in [0.25, 0.3) is 5.57 Å². The second-order valence-electron chi connectivity index (χ2n) is 5.79. The maximum atomic E-state index is 14.5. The molecule has 1 aromatic carbocycles. The van der Waals surface area contributed by atoms with Crippen molar-refractivity contribution in [1.29, 1.82) is 0 Å². The quantitative estimate of drug-likeness (QED) is 0.736. The molecule has 0 N–H and O–H groups in total. The fraction of sp³-hybridized carbons (Fsp3) is 0.438. The highest BCUT2D eigenvalue weighted by Crippen LogP contribution is 2.35. The van der Waals surface area contributed by atoms with E-state index in [4.69, 9.17) is 9.47 Å². The minimum absolute atomic E-state index is 0.0780. The van der Waals surface area contributed by atoms with E-state index in [0.29, 0.717) is 30.9 Å². The Morgan fingerprint density at radius 2 is 2.20 bits per heavy atom. The molecule has 0 unspecified atom stereocenters. The Kier molecular flexibility index (Phi) is 5.07. The monoisotopic (exact) mass is 371 g/mol. The molecule has 136 valence electrons. The number of amides is 1. The van der Waals surface area contributed by atoms with Gasteiger partial charge in [-0.1, -0.05) is 12.1 Å². The molecule has 0 radical (unpaired) electrons. The Labute approximate surface area is 145 Å². The fourth-order valence-electron chi connectivity index (χ4n) is 2.81. The van der Waals surface area contributed by atoms with Crippen molar-refractivity contribution in [1.82, 2.24) is 0 Å². The SMILES string of the molecule is CS(=O)(=O)OC[C@H]1CN(c2cccc(F)c2C2=CCOCC2)C(=O)O1. The van der Waals surface area contributed by atoms with Crippen LogP contribution in [0.4, 0.5) is 14.9 Å². The van der Waals surface area contributed by atoms with Crippen LogP contribution in [-0.4, -0.2) is 53.2 Å². The molecule has 2 heterocycles. The van der Waals surface area contributed by atoms with E-state index >= 15 is 0 Å². The third-order valence-electron chi connectivity index (χ3n) is 3.91. The normalized spacial score (nSPS) is 21.2. The highest BCUT2D eigenvalue weighted by Gasteiger charge is 2.35. The molecule has 0 saturated carbocycles. The molecule has 0 aromatic heterocycles. The van der Waals surface area contributed by atoms with Crippen molar-refractivity contribution < 1.29 is 31.3 Å². The molecular weight excluding hydrogens is 353 g/mol. The lowest BCUT2D eigenvalue weighted by Gasteiger charge is -2.21. The minimum Gasteiger partial charge on any atom is -0.441 e. The summed E-state index contributed by atoms with van der Waals surface area (Å²) in [5.74, 6) is -0.436. The molecule has 25 heavy (non-hydrogen) atoms. The van der Waals surface area contributed by atoms with Gasteiger partial charge in [0.2, 0.25) is 0 Å². The van der Waals surface area contributed by atoms with Crippen molar-refractivity contribution in [3.8, 4) is 0 Å². The Bertz CT molecular complexity index is 807. The van der Waals surface area contributed by atoms with E-state index in [2.05, 4.69) is 4.18 Å². The molecule has 9 heteroatoms. The first-order chi connectivity index (χ1) is 11.8. The molecule has 1 aromatic rings. The van der Waals surface area contributed by atoms with Crippen LogP contribution >= 0.6 is 0 Å². The van der Waals surface area contributed by atoms with Crippen LogP contribution < -0.4 is 4.90 Å². The van der Waals surface area contributed by atoms with Crippen molar-refractivity contribution in [3.63, 3.8) is 0 Å². The van der Waals surface area contributed by atoms with Gasteiger partial charge in [-0.15, -0.1) is 0 Å². The average molecular weight is 371 g/mol. The number of carbonyl (C=O) groups excluding carboxylic acids is 1. The summed E-state index contributed by atoms with van der Waals surface area (Å²) in [4.78, 5) is 13.5. The number of hydrogen-bond acceptors (Lipinski definition) is 6. The first kappa shape index (κ1) is 17.8. The number of anilines is 1. The zero-order valence-electron chi connectivity index (χ0n) is 13.6. The predicted octanol–water partition coefficient (Wildman–Crippen LogP) is 1.93. The summed E-state index contributed by atoms with van der Waals surface area (Å²) < 4.78 is 51.7. The minimum atomic E-state index is -3.64. The highest BCUT2D eigenvalue weighted by atomic mass is 32.2. The van der Waals surface area contributed by atoms with Gasteiger partial charge in [0.1, 0.15) is 18.5 Å². The number of cyclic esters (lactones) is 1. The summed E-state index contributed by atoms with van der Waals surface area (Å²) in [5.41, 5.74) is 1.50. The number of nitrogens with zero attached hydrogens (tertiary/aromatic N) is 1. The number of rotatable bonds is 5. The molecule has 1 saturated heterocycles. The molecule has 0 spiro atoms. The molecule has 0 aliphatic carbocycles. The van der Waals surface area contributed by atoms with Crippen LogP contribution in [0.3, 0.4) is 0 Å². The number of benzene rings is 1. The van der Waals surface area contributed by atoms with Gasteiger partial charge in [-0.2, -0.15) is 8.42 Å². The lowest BCUT2D eigenvalue weighted by Crippen LogP contribution is -2.27. The summed E-state index contributed by atoms with van der Waals surface area (Å²) in [6, 6.07) is 4.48. The predicted molar refractivity (Wildman–Crippen MR) is 88.2 cm³/mol. The van der Waals surface area contributed by atoms with Crippen molar-refractivity contribution in [2.75, 3.05) is 37.5 Å². The molecule has 3 rings (SSSR count). The standard InChI is InChI=1S/C16H18FNO6S/c1-25(20,21)23-10-12-9-18(16(19)24-12)14-4-2-3-13(17)15(14)11-5-7-22-8-6-11/h2-5,12H,6-10H2,1H3/t12-/m1/s1. The Morgan fingerprint density at radius 1 is 1.40 bits per heavy atom. The third kappa shape index (κ3) is 4.17. The van der Waals surface area contributed by atoms with Gasteiger partial charge in [0.05, 0.1) is 31.7 Å². The summed E-state index contributed by atoms with van der Waals surface area (Å²) >= 11 is 0. The lowest BCUT2D eigenvalue weighted by atomic mass is 9.98. The maximum absolute atomic E-state index is 14.5. The van der Waals surface area contributed by atoms with Crippen LogP contribution in [0.2, 0.25) is 0 Å². The van der Waals surface area contributed by atoms with Crippen molar-refractivity contribution in [3.05, 3.63) is 35.7 Å². The highest BCUT2D eigenvalue weighted by molar-refractivity contribution is 7.85. The summed E-state index contributed by atoms with van der Waals surface area (Å²) in [7, 11) is -3.64. The van der Waals surface area contributed by atoms with Crippen molar-refractivity contribution in [2.45, 2.75) is 12.5 Å². The second-order valence-corrected chi connectivity index (χ2v) is 7.44. The number of ether oxygens (including phenoxy) is 2. The van der Waals surface area contributed by atoms with E-state index in [9.17, 15) is 17.6 Å². The molecule has 0 bridgehead atoms. The van der Waals surface area contributed by atoms with Gasteiger partial charge >= 0.3 is 6.09 Å². The Hall–Kier alpha value is -1.97. The van der Waals surface area contributed by atoms with Gasteiger partial charge in [0.25, 0.3) is 10.1 Å².